The van der Waals surface area contributed by atoms with Crippen LogP contribution < -0.4 is 0 Å². The van der Waals surface area contributed by atoms with Crippen LogP contribution in [0.5, 0.6) is 0 Å². The average molecular weight is 238 g/mol. The van der Waals surface area contributed by atoms with Gasteiger partial charge in [-0.05, 0) is 24.7 Å². The molecule has 4 heteroatoms. The van der Waals surface area contributed by atoms with E-state index in [1.54, 1.807) is 11.9 Å². The van der Waals surface area contributed by atoms with E-state index in [4.69, 9.17) is 0 Å². The molecule has 96 valence electrons. The molecule has 0 bridgehead atoms. The molecule has 2 rings (SSSR count). The van der Waals surface area contributed by atoms with E-state index in [1.165, 1.54) is 6.21 Å². The molecule has 0 radical (unpaired) electrons. The smallest absolute Gasteiger partial charge is 0.316 e. The Kier molecular flexibility index (Phi) is 2.92. The standard InChI is InChI=1S/C13H22N2O2/c1-9(2)11-6-5-10(3)7-13(11)14(4)12(16)8-15(13)17/h8-11H,5-7H2,1-4H3/t10-,11+,13+/m1/s1. The normalized spacial score (nSPS) is 38.1. The molecule has 1 spiro atoms. The predicted molar refractivity (Wildman–Crippen MR) is 66.5 cm³/mol. The van der Waals surface area contributed by atoms with Crippen LogP contribution in [-0.4, -0.2) is 34.5 Å². The summed E-state index contributed by atoms with van der Waals surface area (Å²) in [7, 11) is 1.77. The average Bonchev–Trinajstić information content (AvgIpc) is 2.44. The highest BCUT2D eigenvalue weighted by molar-refractivity contribution is 6.25. The molecule has 17 heavy (non-hydrogen) atoms. The molecule has 0 saturated heterocycles. The summed E-state index contributed by atoms with van der Waals surface area (Å²) >= 11 is 0. The van der Waals surface area contributed by atoms with Crippen LogP contribution in [0.4, 0.5) is 0 Å². The van der Waals surface area contributed by atoms with E-state index >= 15 is 0 Å². The Bertz CT molecular complexity index is 364. The fourth-order valence-electron chi connectivity index (χ4n) is 3.61. The molecule has 3 atom stereocenters. The Morgan fingerprint density at radius 1 is 1.53 bits per heavy atom. The molecule has 0 aromatic carbocycles. The van der Waals surface area contributed by atoms with Gasteiger partial charge in [0.25, 0.3) is 5.66 Å². The zero-order valence-electron chi connectivity index (χ0n) is 11.1. The number of nitrogens with zero attached hydrogens (tertiary/aromatic N) is 2. The summed E-state index contributed by atoms with van der Waals surface area (Å²) < 4.78 is 0.926. The van der Waals surface area contributed by atoms with Gasteiger partial charge in [-0.25, -0.2) is 0 Å². The van der Waals surface area contributed by atoms with Crippen molar-refractivity contribution in [1.29, 1.82) is 0 Å². The molecule has 0 unspecified atom stereocenters. The van der Waals surface area contributed by atoms with Gasteiger partial charge in [-0.2, -0.15) is 4.74 Å². The summed E-state index contributed by atoms with van der Waals surface area (Å²) in [5, 5.41) is 12.2. The number of rotatable bonds is 1. The summed E-state index contributed by atoms with van der Waals surface area (Å²) in [5.41, 5.74) is -0.622. The second-order valence-corrected chi connectivity index (χ2v) is 5.97. The summed E-state index contributed by atoms with van der Waals surface area (Å²) in [4.78, 5) is 13.4. The Hall–Kier alpha value is -1.06. The highest BCUT2D eigenvalue weighted by atomic mass is 16.5. The molecule has 0 N–H and O–H groups in total. The van der Waals surface area contributed by atoms with Crippen LogP contribution in [0.1, 0.15) is 40.0 Å². The first-order valence-electron chi connectivity index (χ1n) is 6.48. The molecule has 2 aliphatic rings. The van der Waals surface area contributed by atoms with Crippen molar-refractivity contribution in [3.8, 4) is 0 Å². The van der Waals surface area contributed by atoms with Crippen molar-refractivity contribution in [3.63, 3.8) is 0 Å². The van der Waals surface area contributed by atoms with E-state index in [1.807, 2.05) is 0 Å². The molecule has 1 aliphatic carbocycles. The number of carbonyl (C=O) groups is 1. The van der Waals surface area contributed by atoms with E-state index in [0.717, 1.165) is 24.0 Å². The molecule has 1 amide bonds. The maximum absolute atomic E-state index is 12.2. The highest BCUT2D eigenvalue weighted by Gasteiger charge is 2.59. The molecule has 1 heterocycles. The number of hydrogen-bond acceptors (Lipinski definition) is 2. The first-order valence-corrected chi connectivity index (χ1v) is 6.48. The summed E-state index contributed by atoms with van der Waals surface area (Å²) in [6, 6.07) is 0. The third-order valence-corrected chi connectivity index (χ3v) is 4.54. The molecule has 1 aliphatic heterocycles. The Labute approximate surface area is 103 Å². The van der Waals surface area contributed by atoms with Crippen molar-refractivity contribution in [3.05, 3.63) is 5.21 Å². The zero-order valence-corrected chi connectivity index (χ0v) is 11.1. The summed E-state index contributed by atoms with van der Waals surface area (Å²) in [5.74, 6) is 1.03. The molecule has 4 nitrogen and oxygen atoms in total. The molecule has 1 fully saturated rings. The van der Waals surface area contributed by atoms with E-state index in [-0.39, 0.29) is 11.8 Å². The second-order valence-electron chi connectivity index (χ2n) is 5.97. The number of hydrogen-bond donors (Lipinski definition) is 0. The van der Waals surface area contributed by atoms with E-state index in [9.17, 15) is 10.0 Å². The zero-order chi connectivity index (χ0) is 12.8. The first kappa shape index (κ1) is 12.4. The van der Waals surface area contributed by atoms with Crippen molar-refractivity contribution in [2.24, 2.45) is 17.8 Å². The van der Waals surface area contributed by atoms with Crippen LogP contribution in [0.25, 0.3) is 0 Å². The number of amides is 1. The molecule has 0 aromatic heterocycles. The third kappa shape index (κ3) is 1.65. The SMILES string of the molecule is CC(C)[C@@H]1CC[C@@H](C)C[C@@]12N(C)C(=O)C=[N+]2[O-]. The van der Waals surface area contributed by atoms with Gasteiger partial charge in [-0.15, -0.1) is 0 Å². The minimum absolute atomic E-state index is 0.153. The van der Waals surface area contributed by atoms with Crippen molar-refractivity contribution in [2.45, 2.75) is 45.7 Å². The van der Waals surface area contributed by atoms with Crippen molar-refractivity contribution < 1.29 is 9.53 Å². The summed E-state index contributed by atoms with van der Waals surface area (Å²) in [6.07, 6.45) is 4.19. The van der Waals surface area contributed by atoms with Gasteiger partial charge in [0.15, 0.2) is 0 Å². The Morgan fingerprint density at radius 3 is 2.65 bits per heavy atom. The monoisotopic (exact) mass is 238 g/mol. The van der Waals surface area contributed by atoms with Gasteiger partial charge in [0, 0.05) is 19.4 Å². The van der Waals surface area contributed by atoms with Gasteiger partial charge in [-0.1, -0.05) is 20.8 Å². The van der Waals surface area contributed by atoms with Crippen molar-refractivity contribution in [1.82, 2.24) is 4.90 Å². The fourth-order valence-corrected chi connectivity index (χ4v) is 3.61. The minimum atomic E-state index is -0.622. The third-order valence-electron chi connectivity index (χ3n) is 4.54. The highest BCUT2D eigenvalue weighted by Crippen LogP contribution is 2.45. The van der Waals surface area contributed by atoms with Crippen LogP contribution in [0, 0.1) is 23.0 Å². The number of carbonyl (C=O) groups excluding carboxylic acids is 1. The van der Waals surface area contributed by atoms with E-state index in [2.05, 4.69) is 20.8 Å². The Morgan fingerprint density at radius 2 is 2.18 bits per heavy atom. The first-order chi connectivity index (χ1) is 7.89. The molecular formula is C13H22N2O2. The lowest BCUT2D eigenvalue weighted by molar-refractivity contribution is -0.584. The quantitative estimate of drug-likeness (QED) is 0.517. The minimum Gasteiger partial charge on any atom is -0.622 e. The lowest BCUT2D eigenvalue weighted by Crippen LogP contribution is -2.59. The Balaban J connectivity index is 2.43. The van der Waals surface area contributed by atoms with Crippen LogP contribution in [0.3, 0.4) is 0 Å². The molecule has 1 saturated carbocycles. The van der Waals surface area contributed by atoms with Crippen molar-refractivity contribution in [2.75, 3.05) is 7.05 Å². The van der Waals surface area contributed by atoms with Crippen LogP contribution in [0.15, 0.2) is 0 Å². The van der Waals surface area contributed by atoms with E-state index in [0.29, 0.717) is 11.8 Å². The topological polar surface area (TPSA) is 46.4 Å². The fraction of sp³-hybridized carbons (Fsp3) is 0.846. The molecular weight excluding hydrogens is 216 g/mol. The maximum atomic E-state index is 12.2. The van der Waals surface area contributed by atoms with Gasteiger partial charge >= 0.3 is 5.91 Å². The lowest BCUT2D eigenvalue weighted by atomic mass is 9.69. The number of hydroxylamine groups is 1. The van der Waals surface area contributed by atoms with Crippen LogP contribution in [-0.2, 0) is 4.79 Å². The largest absolute Gasteiger partial charge is 0.622 e. The lowest BCUT2D eigenvalue weighted by Gasteiger charge is -2.46. The van der Waals surface area contributed by atoms with Gasteiger partial charge < -0.3 is 5.21 Å². The predicted octanol–water partition coefficient (Wildman–Crippen LogP) is 1.83. The van der Waals surface area contributed by atoms with E-state index < -0.39 is 5.66 Å². The van der Waals surface area contributed by atoms with Gasteiger partial charge in [0.05, 0.1) is 0 Å². The van der Waals surface area contributed by atoms with Crippen LogP contribution in [0.2, 0.25) is 0 Å². The van der Waals surface area contributed by atoms with Crippen molar-refractivity contribution >= 4 is 12.1 Å². The van der Waals surface area contributed by atoms with Crippen LogP contribution >= 0.6 is 0 Å². The van der Waals surface area contributed by atoms with Gasteiger partial charge in [0.1, 0.15) is 0 Å². The second kappa shape index (κ2) is 4.00. The maximum Gasteiger partial charge on any atom is 0.316 e. The van der Waals surface area contributed by atoms with Gasteiger partial charge in [0.2, 0.25) is 6.21 Å². The van der Waals surface area contributed by atoms with Gasteiger partial charge in [-0.3, -0.25) is 9.69 Å². The molecule has 0 aromatic rings. The summed E-state index contributed by atoms with van der Waals surface area (Å²) in [6.45, 7) is 6.46.